The second-order valence-electron chi connectivity index (χ2n) is 6.93. The van der Waals surface area contributed by atoms with E-state index in [1.165, 1.54) is 6.21 Å². The van der Waals surface area contributed by atoms with Gasteiger partial charge in [0.05, 0.1) is 22.9 Å². The first kappa shape index (κ1) is 24.9. The molecule has 172 valence electrons. The molecule has 0 radical (unpaired) electrons. The van der Waals surface area contributed by atoms with Crippen LogP contribution in [0.1, 0.15) is 23.6 Å². The van der Waals surface area contributed by atoms with Gasteiger partial charge in [-0.15, -0.1) is 0 Å². The van der Waals surface area contributed by atoms with Crippen LogP contribution < -0.4 is 20.2 Å². The lowest BCUT2D eigenvalue weighted by molar-refractivity contribution is 0.252. The number of amides is 2. The number of nitrogens with one attached hydrogen (secondary N) is 2. The van der Waals surface area contributed by atoms with Gasteiger partial charge in [-0.3, -0.25) is 0 Å². The maximum atomic E-state index is 12.1. The number of rotatable bonds is 8. The summed E-state index contributed by atoms with van der Waals surface area (Å²) >= 11 is 15.6. The van der Waals surface area contributed by atoms with Crippen LogP contribution in [0.5, 0.6) is 11.5 Å². The van der Waals surface area contributed by atoms with E-state index in [9.17, 15) is 4.79 Å². The Morgan fingerprint density at radius 3 is 2.55 bits per heavy atom. The second-order valence-corrected chi connectivity index (χ2v) is 8.60. The third-order valence-electron chi connectivity index (χ3n) is 4.50. The Bertz CT molecular complexity index is 1170. The molecule has 0 aliphatic heterocycles. The van der Waals surface area contributed by atoms with E-state index < -0.39 is 6.03 Å². The molecule has 0 saturated heterocycles. The lowest BCUT2D eigenvalue weighted by atomic mass is 10.2. The van der Waals surface area contributed by atoms with Crippen molar-refractivity contribution in [1.29, 1.82) is 0 Å². The standard InChI is InChI=1S/C24H22BrCl2N3O3/c1-3-32-22-11-17(13-28-30-24(31)29-21-7-5-4-6-15(21)2)18(25)12-23(22)33-14-16-8-9-19(26)20(27)10-16/h4-13H,3,14H2,1-2H3,(H2,29,30,31). The van der Waals surface area contributed by atoms with E-state index in [1.54, 1.807) is 24.3 Å². The van der Waals surface area contributed by atoms with Crippen LogP contribution in [-0.4, -0.2) is 18.9 Å². The molecule has 3 rings (SSSR count). The number of para-hydroxylation sites is 1. The Hall–Kier alpha value is -2.74. The highest BCUT2D eigenvalue weighted by atomic mass is 79.9. The van der Waals surface area contributed by atoms with Crippen LogP contribution in [0.3, 0.4) is 0 Å². The first-order chi connectivity index (χ1) is 15.9. The number of aryl methyl sites for hydroxylation is 1. The largest absolute Gasteiger partial charge is 0.490 e. The molecule has 2 amide bonds. The van der Waals surface area contributed by atoms with E-state index in [-0.39, 0.29) is 6.61 Å². The normalized spacial score (nSPS) is 10.8. The molecule has 6 nitrogen and oxygen atoms in total. The number of ether oxygens (including phenoxy) is 2. The van der Waals surface area contributed by atoms with Gasteiger partial charge in [0.2, 0.25) is 0 Å². The van der Waals surface area contributed by atoms with Crippen molar-refractivity contribution < 1.29 is 14.3 Å². The smallest absolute Gasteiger partial charge is 0.339 e. The fourth-order valence-electron chi connectivity index (χ4n) is 2.85. The molecule has 33 heavy (non-hydrogen) atoms. The SMILES string of the molecule is CCOc1cc(C=NNC(=O)Nc2ccccc2C)c(Br)cc1OCc1ccc(Cl)c(Cl)c1. The summed E-state index contributed by atoms with van der Waals surface area (Å²) in [5, 5.41) is 7.74. The number of nitrogens with zero attached hydrogens (tertiary/aromatic N) is 1. The Morgan fingerprint density at radius 2 is 1.82 bits per heavy atom. The second kappa shape index (κ2) is 11.9. The highest BCUT2D eigenvalue weighted by Gasteiger charge is 2.11. The molecule has 9 heteroatoms. The molecular formula is C24H22BrCl2N3O3. The van der Waals surface area contributed by atoms with Crippen LogP contribution in [-0.2, 0) is 6.61 Å². The summed E-state index contributed by atoms with van der Waals surface area (Å²) in [4.78, 5) is 12.1. The molecule has 0 fully saturated rings. The monoisotopic (exact) mass is 549 g/mol. The number of benzene rings is 3. The molecule has 2 N–H and O–H groups in total. The zero-order valence-electron chi connectivity index (χ0n) is 18.0. The van der Waals surface area contributed by atoms with Crippen LogP contribution in [0, 0.1) is 6.92 Å². The summed E-state index contributed by atoms with van der Waals surface area (Å²) in [6.07, 6.45) is 1.52. The van der Waals surface area contributed by atoms with Gasteiger partial charge in [-0.1, -0.05) is 47.5 Å². The summed E-state index contributed by atoms with van der Waals surface area (Å²) in [6, 6.07) is 15.9. The first-order valence-electron chi connectivity index (χ1n) is 10.1. The van der Waals surface area contributed by atoms with Crippen molar-refractivity contribution in [3.8, 4) is 11.5 Å². The zero-order valence-corrected chi connectivity index (χ0v) is 21.1. The molecule has 3 aromatic carbocycles. The molecular weight excluding hydrogens is 529 g/mol. The summed E-state index contributed by atoms with van der Waals surface area (Å²) in [6.45, 7) is 4.54. The number of carbonyl (C=O) groups excluding carboxylic acids is 1. The minimum Gasteiger partial charge on any atom is -0.490 e. The highest BCUT2D eigenvalue weighted by Crippen LogP contribution is 2.34. The lowest BCUT2D eigenvalue weighted by Gasteiger charge is -2.14. The summed E-state index contributed by atoms with van der Waals surface area (Å²) in [7, 11) is 0. The fourth-order valence-corrected chi connectivity index (χ4v) is 3.59. The summed E-state index contributed by atoms with van der Waals surface area (Å²) in [5.74, 6) is 1.10. The van der Waals surface area contributed by atoms with E-state index in [0.717, 1.165) is 15.6 Å². The van der Waals surface area contributed by atoms with E-state index in [4.69, 9.17) is 32.7 Å². The molecule has 0 spiro atoms. The summed E-state index contributed by atoms with van der Waals surface area (Å²) < 4.78 is 12.4. The van der Waals surface area contributed by atoms with Crippen LogP contribution in [0.15, 0.2) is 64.2 Å². The van der Waals surface area contributed by atoms with E-state index in [0.29, 0.717) is 39.4 Å². The number of carbonyl (C=O) groups is 1. The van der Waals surface area contributed by atoms with Crippen molar-refractivity contribution in [2.24, 2.45) is 5.10 Å². The van der Waals surface area contributed by atoms with Crippen molar-refractivity contribution >= 4 is 57.1 Å². The minimum atomic E-state index is -0.441. The average molecular weight is 551 g/mol. The number of anilines is 1. The number of hydrazone groups is 1. The number of halogens is 3. The van der Waals surface area contributed by atoms with Gasteiger partial charge >= 0.3 is 6.03 Å². The van der Waals surface area contributed by atoms with Crippen molar-refractivity contribution in [1.82, 2.24) is 5.43 Å². The first-order valence-corrected chi connectivity index (χ1v) is 11.6. The molecule has 0 bridgehead atoms. The van der Waals surface area contributed by atoms with Gasteiger partial charge in [-0.05, 0) is 71.2 Å². The van der Waals surface area contributed by atoms with E-state index in [1.807, 2.05) is 44.2 Å². The van der Waals surface area contributed by atoms with Gasteiger partial charge in [0, 0.05) is 15.7 Å². The lowest BCUT2D eigenvalue weighted by Crippen LogP contribution is -2.24. The average Bonchev–Trinajstić information content (AvgIpc) is 2.78. The summed E-state index contributed by atoms with van der Waals surface area (Å²) in [5.41, 5.74) is 5.71. The Labute approximate surface area is 211 Å². The van der Waals surface area contributed by atoms with Gasteiger partial charge in [0.1, 0.15) is 6.61 Å². The molecule has 0 aromatic heterocycles. The van der Waals surface area contributed by atoms with Crippen LogP contribution >= 0.6 is 39.1 Å². The van der Waals surface area contributed by atoms with Gasteiger partial charge in [0.15, 0.2) is 11.5 Å². The third-order valence-corrected chi connectivity index (χ3v) is 5.93. The van der Waals surface area contributed by atoms with Crippen molar-refractivity contribution in [2.45, 2.75) is 20.5 Å². The molecule has 0 atom stereocenters. The minimum absolute atomic E-state index is 0.289. The Morgan fingerprint density at radius 1 is 1.06 bits per heavy atom. The molecule has 3 aromatic rings. The van der Waals surface area contributed by atoms with Crippen molar-refractivity contribution in [3.63, 3.8) is 0 Å². The maximum Gasteiger partial charge on any atom is 0.339 e. The Kier molecular flexibility index (Phi) is 9.00. The molecule has 0 saturated carbocycles. The van der Waals surface area contributed by atoms with Crippen LogP contribution in [0.4, 0.5) is 10.5 Å². The fraction of sp³-hybridized carbons (Fsp3) is 0.167. The highest BCUT2D eigenvalue weighted by molar-refractivity contribution is 9.10. The van der Waals surface area contributed by atoms with Crippen LogP contribution in [0.25, 0.3) is 0 Å². The maximum absolute atomic E-state index is 12.1. The number of hydrogen-bond donors (Lipinski definition) is 2. The predicted octanol–water partition coefficient (Wildman–Crippen LogP) is 7.20. The van der Waals surface area contributed by atoms with Crippen LogP contribution in [0.2, 0.25) is 10.0 Å². The van der Waals surface area contributed by atoms with Gasteiger partial charge in [-0.25, -0.2) is 10.2 Å². The van der Waals surface area contributed by atoms with E-state index in [2.05, 4.69) is 31.8 Å². The third kappa shape index (κ3) is 7.12. The molecule has 0 aliphatic rings. The number of hydrogen-bond acceptors (Lipinski definition) is 4. The quantitative estimate of drug-likeness (QED) is 0.230. The van der Waals surface area contributed by atoms with Crippen molar-refractivity contribution in [3.05, 3.63) is 85.8 Å². The number of urea groups is 1. The topological polar surface area (TPSA) is 72.0 Å². The molecule has 0 aliphatic carbocycles. The van der Waals surface area contributed by atoms with Gasteiger partial charge in [-0.2, -0.15) is 5.10 Å². The Balaban J connectivity index is 1.68. The van der Waals surface area contributed by atoms with E-state index >= 15 is 0 Å². The predicted molar refractivity (Wildman–Crippen MR) is 137 cm³/mol. The van der Waals surface area contributed by atoms with Gasteiger partial charge < -0.3 is 14.8 Å². The molecule has 0 unspecified atom stereocenters. The molecule has 0 heterocycles. The van der Waals surface area contributed by atoms with Gasteiger partial charge in [0.25, 0.3) is 0 Å². The zero-order chi connectivity index (χ0) is 23.8. The van der Waals surface area contributed by atoms with Crippen molar-refractivity contribution in [2.75, 3.05) is 11.9 Å².